The number of aliphatic imine (C=N–C) groups is 1. The summed E-state index contributed by atoms with van der Waals surface area (Å²) in [5.41, 5.74) is -0.0457. The van der Waals surface area contributed by atoms with Crippen molar-refractivity contribution in [3.8, 4) is 0 Å². The van der Waals surface area contributed by atoms with Crippen molar-refractivity contribution in [1.29, 1.82) is 0 Å². The maximum Gasteiger partial charge on any atom is 0.104 e. The molecule has 58 valence electrons. The number of hydrogen-bond acceptors (Lipinski definition) is 2. The van der Waals surface area contributed by atoms with Crippen molar-refractivity contribution in [1.82, 2.24) is 5.32 Å². The highest BCUT2D eigenvalue weighted by Crippen LogP contribution is 2.22. The van der Waals surface area contributed by atoms with Gasteiger partial charge in [0.15, 0.2) is 0 Å². The summed E-state index contributed by atoms with van der Waals surface area (Å²) in [7, 11) is 0. The molecule has 1 aliphatic carbocycles. The van der Waals surface area contributed by atoms with E-state index in [0.29, 0.717) is 0 Å². The lowest BCUT2D eigenvalue weighted by molar-refractivity contribution is 0.405. The second-order valence-electron chi connectivity index (χ2n) is 3.36. The third-order valence-corrected chi connectivity index (χ3v) is 1.59. The Morgan fingerprint density at radius 3 is 2.50 bits per heavy atom. The highest BCUT2D eigenvalue weighted by molar-refractivity contribution is 5.53. The van der Waals surface area contributed by atoms with Crippen LogP contribution >= 0.6 is 0 Å². The average Bonchev–Trinajstić information content (AvgIpc) is 2.48. The molecular formula is C8H16N2. The molecule has 1 fully saturated rings. The Bertz CT molecular complexity index is 134. The van der Waals surface area contributed by atoms with Crippen molar-refractivity contribution >= 4 is 6.21 Å². The lowest BCUT2D eigenvalue weighted by atomic mass is 10.2. The standard InChI is InChI=1S/C8H16N2/c1-4-9-8(2,3)10-7-5-6-7/h4,7,10H,5-6H2,1-3H3/b9-4-. The van der Waals surface area contributed by atoms with Gasteiger partial charge in [-0.1, -0.05) is 0 Å². The van der Waals surface area contributed by atoms with E-state index in [4.69, 9.17) is 0 Å². The van der Waals surface area contributed by atoms with Crippen LogP contribution in [0.4, 0.5) is 0 Å². The molecule has 0 bridgehead atoms. The van der Waals surface area contributed by atoms with E-state index in [9.17, 15) is 0 Å². The van der Waals surface area contributed by atoms with Crippen molar-refractivity contribution in [2.24, 2.45) is 4.99 Å². The topological polar surface area (TPSA) is 24.4 Å². The van der Waals surface area contributed by atoms with Crippen LogP contribution in [0.25, 0.3) is 0 Å². The fourth-order valence-corrected chi connectivity index (χ4v) is 1.09. The first-order valence-corrected chi connectivity index (χ1v) is 3.91. The zero-order chi connectivity index (χ0) is 7.61. The molecule has 0 amide bonds. The molecule has 1 N–H and O–H groups in total. The first-order valence-electron chi connectivity index (χ1n) is 3.91. The van der Waals surface area contributed by atoms with Gasteiger partial charge < -0.3 is 0 Å². The van der Waals surface area contributed by atoms with Gasteiger partial charge in [-0.15, -0.1) is 0 Å². The van der Waals surface area contributed by atoms with E-state index in [1.54, 1.807) is 0 Å². The van der Waals surface area contributed by atoms with Gasteiger partial charge in [-0.3, -0.25) is 10.3 Å². The maximum atomic E-state index is 4.30. The molecule has 2 nitrogen and oxygen atoms in total. The smallest absolute Gasteiger partial charge is 0.104 e. The van der Waals surface area contributed by atoms with Crippen LogP contribution in [0, 0.1) is 0 Å². The zero-order valence-corrected chi connectivity index (χ0v) is 7.02. The van der Waals surface area contributed by atoms with E-state index >= 15 is 0 Å². The van der Waals surface area contributed by atoms with Crippen LogP contribution in [0.15, 0.2) is 4.99 Å². The molecule has 1 saturated carbocycles. The molecule has 0 spiro atoms. The normalized spacial score (nSPS) is 20.3. The number of rotatable bonds is 3. The Kier molecular flexibility index (Phi) is 2.09. The molecule has 0 aromatic rings. The van der Waals surface area contributed by atoms with Crippen LogP contribution in [0.1, 0.15) is 33.6 Å². The lowest BCUT2D eigenvalue weighted by Crippen LogP contribution is -2.38. The Labute approximate surface area is 62.7 Å². The van der Waals surface area contributed by atoms with Crippen molar-refractivity contribution in [3.05, 3.63) is 0 Å². The first-order chi connectivity index (χ1) is 4.64. The molecule has 0 radical (unpaired) electrons. The minimum absolute atomic E-state index is 0.0457. The largest absolute Gasteiger partial charge is 0.291 e. The van der Waals surface area contributed by atoms with Crippen LogP contribution < -0.4 is 5.32 Å². The summed E-state index contributed by atoms with van der Waals surface area (Å²) < 4.78 is 0. The maximum absolute atomic E-state index is 4.30. The van der Waals surface area contributed by atoms with Crippen LogP contribution in [0.2, 0.25) is 0 Å². The summed E-state index contributed by atoms with van der Waals surface area (Å²) in [6.45, 7) is 6.16. The van der Waals surface area contributed by atoms with Gasteiger partial charge in [-0.2, -0.15) is 0 Å². The summed E-state index contributed by atoms with van der Waals surface area (Å²) in [6, 6.07) is 0.735. The summed E-state index contributed by atoms with van der Waals surface area (Å²) >= 11 is 0. The third kappa shape index (κ3) is 2.48. The average molecular weight is 140 g/mol. The summed E-state index contributed by atoms with van der Waals surface area (Å²) in [4.78, 5) is 4.30. The van der Waals surface area contributed by atoms with Gasteiger partial charge >= 0.3 is 0 Å². The van der Waals surface area contributed by atoms with E-state index < -0.39 is 0 Å². The van der Waals surface area contributed by atoms with Gasteiger partial charge in [0, 0.05) is 6.04 Å². The number of nitrogens with one attached hydrogen (secondary N) is 1. The van der Waals surface area contributed by atoms with E-state index in [1.807, 2.05) is 13.1 Å². The fourth-order valence-electron chi connectivity index (χ4n) is 1.09. The van der Waals surface area contributed by atoms with E-state index in [-0.39, 0.29) is 5.66 Å². The van der Waals surface area contributed by atoms with E-state index in [0.717, 1.165) is 6.04 Å². The Morgan fingerprint density at radius 2 is 2.10 bits per heavy atom. The van der Waals surface area contributed by atoms with Crippen molar-refractivity contribution < 1.29 is 0 Å². The fraction of sp³-hybridized carbons (Fsp3) is 0.875. The predicted molar refractivity (Wildman–Crippen MR) is 44.4 cm³/mol. The molecule has 1 aliphatic rings. The molecule has 1 rings (SSSR count). The molecule has 10 heavy (non-hydrogen) atoms. The summed E-state index contributed by atoms with van der Waals surface area (Å²) in [6.07, 6.45) is 4.50. The van der Waals surface area contributed by atoms with Crippen LogP contribution in [0.3, 0.4) is 0 Å². The molecule has 0 atom stereocenters. The van der Waals surface area contributed by atoms with Gasteiger partial charge in [-0.25, -0.2) is 0 Å². The van der Waals surface area contributed by atoms with Crippen molar-refractivity contribution in [2.75, 3.05) is 0 Å². The monoisotopic (exact) mass is 140 g/mol. The Morgan fingerprint density at radius 1 is 1.50 bits per heavy atom. The van der Waals surface area contributed by atoms with Crippen LogP contribution in [0.5, 0.6) is 0 Å². The molecule has 0 saturated heterocycles. The Hall–Kier alpha value is -0.370. The molecule has 0 heterocycles. The molecule has 2 heteroatoms. The molecule has 0 unspecified atom stereocenters. The molecule has 0 aliphatic heterocycles. The van der Waals surface area contributed by atoms with E-state index in [1.165, 1.54) is 12.8 Å². The van der Waals surface area contributed by atoms with Gasteiger partial charge in [0.2, 0.25) is 0 Å². The minimum atomic E-state index is -0.0457. The SMILES string of the molecule is C/C=N\C(C)(C)NC1CC1. The molecular weight excluding hydrogens is 124 g/mol. The van der Waals surface area contributed by atoms with Crippen molar-refractivity contribution in [2.45, 2.75) is 45.3 Å². The zero-order valence-electron chi connectivity index (χ0n) is 7.02. The van der Waals surface area contributed by atoms with E-state index in [2.05, 4.69) is 24.2 Å². The van der Waals surface area contributed by atoms with Crippen LogP contribution in [-0.4, -0.2) is 17.9 Å². The molecule has 0 aromatic heterocycles. The number of hydrogen-bond donors (Lipinski definition) is 1. The van der Waals surface area contributed by atoms with Gasteiger partial charge in [0.25, 0.3) is 0 Å². The summed E-state index contributed by atoms with van der Waals surface area (Å²) in [5, 5.41) is 3.43. The molecule has 0 aromatic carbocycles. The lowest BCUT2D eigenvalue weighted by Gasteiger charge is -2.20. The minimum Gasteiger partial charge on any atom is -0.291 e. The predicted octanol–water partition coefficient (Wildman–Crippen LogP) is 1.57. The quantitative estimate of drug-likeness (QED) is 0.591. The highest BCUT2D eigenvalue weighted by Gasteiger charge is 2.27. The van der Waals surface area contributed by atoms with Crippen molar-refractivity contribution in [3.63, 3.8) is 0 Å². The van der Waals surface area contributed by atoms with Gasteiger partial charge in [0.05, 0.1) is 0 Å². The highest BCUT2D eigenvalue weighted by atomic mass is 15.2. The van der Waals surface area contributed by atoms with Gasteiger partial charge in [-0.05, 0) is 39.8 Å². The third-order valence-electron chi connectivity index (χ3n) is 1.59. The first kappa shape index (κ1) is 7.73. The summed E-state index contributed by atoms with van der Waals surface area (Å²) in [5.74, 6) is 0. The van der Waals surface area contributed by atoms with Gasteiger partial charge in [0.1, 0.15) is 5.66 Å². The second kappa shape index (κ2) is 2.70. The number of nitrogens with zero attached hydrogens (tertiary/aromatic N) is 1. The Balaban J connectivity index is 2.32. The second-order valence-corrected chi connectivity index (χ2v) is 3.36. The van der Waals surface area contributed by atoms with Crippen LogP contribution in [-0.2, 0) is 0 Å².